The van der Waals surface area contributed by atoms with Crippen molar-refractivity contribution >= 4 is 11.6 Å². The molecule has 0 N–H and O–H groups in total. The fraction of sp³-hybridized carbons (Fsp3) is 0.867. The summed E-state index contributed by atoms with van der Waals surface area (Å²) in [5.41, 5.74) is 0. The van der Waals surface area contributed by atoms with Crippen LogP contribution >= 0.6 is 0 Å². The van der Waals surface area contributed by atoms with Gasteiger partial charge in [-0.3, -0.25) is 9.59 Å². The SMILES string of the molecule is CCC(C)CC(=O)CC(=O)C(CC)CC(C)C. The van der Waals surface area contributed by atoms with Crippen molar-refractivity contribution in [2.45, 2.75) is 66.7 Å². The predicted molar refractivity (Wildman–Crippen MR) is 71.9 cm³/mol. The Morgan fingerprint density at radius 2 is 1.59 bits per heavy atom. The van der Waals surface area contributed by atoms with Crippen molar-refractivity contribution in [2.24, 2.45) is 17.8 Å². The lowest BCUT2D eigenvalue weighted by Gasteiger charge is -2.16. The van der Waals surface area contributed by atoms with E-state index in [1.54, 1.807) is 0 Å². The highest BCUT2D eigenvalue weighted by atomic mass is 16.1. The first kappa shape index (κ1) is 16.3. The van der Waals surface area contributed by atoms with Crippen molar-refractivity contribution in [1.29, 1.82) is 0 Å². The second-order valence-electron chi connectivity index (χ2n) is 5.63. The molecule has 17 heavy (non-hydrogen) atoms. The third-order valence-corrected chi connectivity index (χ3v) is 3.35. The Bertz CT molecular complexity index is 243. The van der Waals surface area contributed by atoms with Crippen molar-refractivity contribution in [3.05, 3.63) is 0 Å². The minimum Gasteiger partial charge on any atom is -0.299 e. The molecule has 2 atom stereocenters. The van der Waals surface area contributed by atoms with E-state index in [-0.39, 0.29) is 23.9 Å². The van der Waals surface area contributed by atoms with Crippen molar-refractivity contribution < 1.29 is 9.59 Å². The quantitative estimate of drug-likeness (QED) is 0.570. The van der Waals surface area contributed by atoms with Crippen LogP contribution in [0.25, 0.3) is 0 Å². The molecule has 0 fully saturated rings. The zero-order valence-corrected chi connectivity index (χ0v) is 12.1. The zero-order valence-electron chi connectivity index (χ0n) is 12.1. The largest absolute Gasteiger partial charge is 0.299 e. The van der Waals surface area contributed by atoms with E-state index in [1.165, 1.54) is 0 Å². The molecule has 100 valence electrons. The maximum absolute atomic E-state index is 12.0. The van der Waals surface area contributed by atoms with Gasteiger partial charge in [0.1, 0.15) is 11.6 Å². The molecule has 2 nitrogen and oxygen atoms in total. The van der Waals surface area contributed by atoms with Gasteiger partial charge in [0.15, 0.2) is 0 Å². The van der Waals surface area contributed by atoms with Gasteiger partial charge in [0.2, 0.25) is 0 Å². The van der Waals surface area contributed by atoms with E-state index in [4.69, 9.17) is 0 Å². The molecule has 0 aromatic heterocycles. The first-order valence-electron chi connectivity index (χ1n) is 6.95. The summed E-state index contributed by atoms with van der Waals surface area (Å²) in [6, 6.07) is 0. The van der Waals surface area contributed by atoms with E-state index >= 15 is 0 Å². The molecule has 0 rings (SSSR count). The molecular formula is C15H28O2. The number of carbonyl (C=O) groups excluding carboxylic acids is 2. The summed E-state index contributed by atoms with van der Waals surface area (Å²) >= 11 is 0. The van der Waals surface area contributed by atoms with Gasteiger partial charge in [-0.15, -0.1) is 0 Å². The number of ketones is 2. The second kappa shape index (κ2) is 8.43. The highest BCUT2D eigenvalue weighted by molar-refractivity contribution is 6.00. The van der Waals surface area contributed by atoms with Crippen LogP contribution in [0, 0.1) is 17.8 Å². The summed E-state index contributed by atoms with van der Waals surface area (Å²) in [5, 5.41) is 0. The maximum Gasteiger partial charge on any atom is 0.143 e. The minimum atomic E-state index is 0.0795. The van der Waals surface area contributed by atoms with Crippen LogP contribution in [-0.4, -0.2) is 11.6 Å². The average Bonchev–Trinajstić information content (AvgIpc) is 2.24. The summed E-state index contributed by atoms with van der Waals surface area (Å²) in [7, 11) is 0. The molecule has 0 bridgehead atoms. The molecule has 0 radical (unpaired) electrons. The van der Waals surface area contributed by atoms with Crippen molar-refractivity contribution in [2.75, 3.05) is 0 Å². The van der Waals surface area contributed by atoms with Crippen molar-refractivity contribution in [1.82, 2.24) is 0 Å². The summed E-state index contributed by atoms with van der Waals surface area (Å²) in [6.45, 7) is 10.4. The van der Waals surface area contributed by atoms with E-state index in [0.717, 1.165) is 19.3 Å². The van der Waals surface area contributed by atoms with Crippen LogP contribution < -0.4 is 0 Å². The van der Waals surface area contributed by atoms with Gasteiger partial charge in [-0.25, -0.2) is 0 Å². The molecular weight excluding hydrogens is 212 g/mol. The Labute approximate surface area is 106 Å². The molecule has 2 heteroatoms. The van der Waals surface area contributed by atoms with Gasteiger partial charge < -0.3 is 0 Å². The third kappa shape index (κ3) is 7.30. The number of rotatable bonds is 9. The summed E-state index contributed by atoms with van der Waals surface area (Å²) in [5.74, 6) is 1.27. The number of hydrogen-bond donors (Lipinski definition) is 0. The van der Waals surface area contributed by atoms with Gasteiger partial charge in [-0.05, 0) is 24.7 Å². The van der Waals surface area contributed by atoms with Crippen LogP contribution in [0.2, 0.25) is 0 Å². The summed E-state index contributed by atoms with van der Waals surface area (Å²) in [4.78, 5) is 23.7. The molecule has 0 aliphatic carbocycles. The van der Waals surface area contributed by atoms with Crippen LogP contribution in [0.3, 0.4) is 0 Å². The minimum absolute atomic E-state index is 0.0795. The van der Waals surface area contributed by atoms with Gasteiger partial charge in [-0.1, -0.05) is 41.0 Å². The number of Topliss-reactive ketones (excluding diaryl/α,β-unsaturated/α-hetero) is 2. The maximum atomic E-state index is 12.0. The highest BCUT2D eigenvalue weighted by Gasteiger charge is 2.20. The smallest absolute Gasteiger partial charge is 0.143 e. The first-order chi connectivity index (χ1) is 7.90. The van der Waals surface area contributed by atoms with Crippen LogP contribution in [-0.2, 0) is 9.59 Å². The molecule has 0 aromatic carbocycles. The first-order valence-corrected chi connectivity index (χ1v) is 6.95. The Morgan fingerprint density at radius 1 is 1.00 bits per heavy atom. The van der Waals surface area contributed by atoms with Gasteiger partial charge in [0.05, 0.1) is 6.42 Å². The summed E-state index contributed by atoms with van der Waals surface area (Å²) in [6.07, 6.45) is 3.47. The second-order valence-corrected chi connectivity index (χ2v) is 5.63. The standard InChI is InChI=1S/C15H28O2/c1-6-12(5)9-14(16)10-15(17)13(7-2)8-11(3)4/h11-13H,6-10H2,1-5H3. The molecule has 0 amide bonds. The van der Waals surface area contributed by atoms with E-state index in [9.17, 15) is 9.59 Å². The fourth-order valence-electron chi connectivity index (χ4n) is 2.04. The number of hydrogen-bond acceptors (Lipinski definition) is 2. The van der Waals surface area contributed by atoms with Crippen LogP contribution in [0.15, 0.2) is 0 Å². The summed E-state index contributed by atoms with van der Waals surface area (Å²) < 4.78 is 0. The molecule has 0 heterocycles. The Kier molecular flexibility index (Phi) is 8.11. The van der Waals surface area contributed by atoms with Gasteiger partial charge in [-0.2, -0.15) is 0 Å². The molecule has 2 unspecified atom stereocenters. The van der Waals surface area contributed by atoms with E-state index in [1.807, 2.05) is 6.92 Å². The molecule has 0 spiro atoms. The van der Waals surface area contributed by atoms with E-state index < -0.39 is 0 Å². The molecule has 0 aliphatic rings. The van der Waals surface area contributed by atoms with Gasteiger partial charge in [0.25, 0.3) is 0 Å². The Hall–Kier alpha value is -0.660. The fourth-order valence-corrected chi connectivity index (χ4v) is 2.04. The zero-order chi connectivity index (χ0) is 13.4. The highest BCUT2D eigenvalue weighted by Crippen LogP contribution is 2.19. The Balaban J connectivity index is 4.17. The third-order valence-electron chi connectivity index (χ3n) is 3.35. The lowest BCUT2D eigenvalue weighted by atomic mass is 9.88. The Morgan fingerprint density at radius 3 is 2.00 bits per heavy atom. The van der Waals surface area contributed by atoms with Gasteiger partial charge >= 0.3 is 0 Å². The average molecular weight is 240 g/mol. The van der Waals surface area contributed by atoms with Crippen molar-refractivity contribution in [3.8, 4) is 0 Å². The monoisotopic (exact) mass is 240 g/mol. The lowest BCUT2D eigenvalue weighted by Crippen LogP contribution is -2.20. The molecule has 0 aliphatic heterocycles. The number of carbonyl (C=O) groups is 2. The topological polar surface area (TPSA) is 34.1 Å². The van der Waals surface area contributed by atoms with Crippen molar-refractivity contribution in [3.63, 3.8) is 0 Å². The molecule has 0 saturated carbocycles. The lowest BCUT2D eigenvalue weighted by molar-refractivity contribution is -0.130. The van der Waals surface area contributed by atoms with Gasteiger partial charge in [0, 0.05) is 12.3 Å². The molecule has 0 aromatic rings. The normalized spacial score (nSPS) is 14.7. The van der Waals surface area contributed by atoms with E-state index in [2.05, 4.69) is 27.7 Å². The van der Waals surface area contributed by atoms with E-state index in [0.29, 0.717) is 18.3 Å². The molecule has 0 saturated heterocycles. The van der Waals surface area contributed by atoms with Crippen LogP contribution in [0.1, 0.15) is 66.7 Å². The van der Waals surface area contributed by atoms with Crippen LogP contribution in [0.4, 0.5) is 0 Å². The predicted octanol–water partition coefficient (Wildman–Crippen LogP) is 4.02. The van der Waals surface area contributed by atoms with Crippen LogP contribution in [0.5, 0.6) is 0 Å².